The molecule has 1 heteroatoms. The van der Waals surface area contributed by atoms with Crippen molar-refractivity contribution in [2.75, 3.05) is 0 Å². The molecule has 3 heterocycles. The zero-order valence-electron chi connectivity index (χ0n) is 30.5. The van der Waals surface area contributed by atoms with Crippen LogP contribution >= 0.6 is 0 Å². The molecule has 8 aromatic rings. The van der Waals surface area contributed by atoms with Gasteiger partial charge in [-0.2, -0.15) is 0 Å². The van der Waals surface area contributed by atoms with Gasteiger partial charge in [0.05, 0.1) is 11.2 Å². The second-order valence-electron chi connectivity index (χ2n) is 15.7. The van der Waals surface area contributed by atoms with Crippen molar-refractivity contribution in [3.8, 4) is 39.1 Å². The molecule has 1 aromatic heterocycles. The van der Waals surface area contributed by atoms with Gasteiger partial charge < -0.3 is 4.57 Å². The van der Waals surface area contributed by atoms with Crippen LogP contribution in [0.5, 0.6) is 0 Å². The van der Waals surface area contributed by atoms with Crippen LogP contribution in [-0.4, -0.2) is 4.57 Å². The molecule has 0 amide bonds. The third-order valence-electron chi connectivity index (χ3n) is 12.2. The van der Waals surface area contributed by atoms with Crippen molar-refractivity contribution < 1.29 is 0 Å². The van der Waals surface area contributed by atoms with Crippen LogP contribution in [0.3, 0.4) is 0 Å². The van der Waals surface area contributed by atoms with E-state index in [-0.39, 0.29) is 10.8 Å². The minimum absolute atomic E-state index is 0.108. The summed E-state index contributed by atoms with van der Waals surface area (Å²) in [6.45, 7) is 11.9. The van der Waals surface area contributed by atoms with Gasteiger partial charge >= 0.3 is 0 Å². The molecule has 0 unspecified atom stereocenters. The van der Waals surface area contributed by atoms with Crippen molar-refractivity contribution in [2.45, 2.75) is 45.4 Å². The fourth-order valence-electron chi connectivity index (χ4n) is 9.59. The van der Waals surface area contributed by atoms with Crippen molar-refractivity contribution in [2.24, 2.45) is 0 Å². The Labute approximate surface area is 306 Å². The number of benzene rings is 7. The molecular weight excluding hydrogens is 627 g/mol. The van der Waals surface area contributed by atoms with Gasteiger partial charge in [-0.3, -0.25) is 0 Å². The second kappa shape index (κ2) is 11.0. The highest BCUT2D eigenvalue weighted by atomic mass is 15.0. The normalized spacial score (nSPS) is 14.6. The molecule has 2 aliphatic heterocycles. The van der Waals surface area contributed by atoms with Crippen LogP contribution in [0.2, 0.25) is 0 Å². The Bertz CT molecular complexity index is 2770. The molecule has 2 aliphatic rings. The van der Waals surface area contributed by atoms with E-state index >= 15 is 0 Å². The van der Waals surface area contributed by atoms with Gasteiger partial charge in [0.1, 0.15) is 0 Å². The largest absolute Gasteiger partial charge is 0.313 e. The Balaban J connectivity index is 1.21. The van der Waals surface area contributed by atoms with E-state index in [1.807, 2.05) is 0 Å². The molecule has 1 nitrogen and oxygen atoms in total. The molecule has 0 fully saturated rings. The summed E-state index contributed by atoms with van der Waals surface area (Å²) in [6, 6.07) is 58.9. The van der Waals surface area contributed by atoms with Gasteiger partial charge in [-0.25, -0.2) is 0 Å². The highest BCUT2D eigenvalue weighted by Gasteiger charge is 2.41. The van der Waals surface area contributed by atoms with E-state index in [9.17, 15) is 0 Å². The van der Waals surface area contributed by atoms with Crippen molar-refractivity contribution in [3.05, 3.63) is 186 Å². The van der Waals surface area contributed by atoms with Gasteiger partial charge in [0.2, 0.25) is 0 Å². The molecule has 7 aromatic carbocycles. The van der Waals surface area contributed by atoms with Crippen molar-refractivity contribution in [3.63, 3.8) is 0 Å². The molecule has 250 valence electrons. The van der Waals surface area contributed by atoms with Gasteiger partial charge in [0.25, 0.3) is 0 Å². The van der Waals surface area contributed by atoms with E-state index in [4.69, 9.17) is 0 Å². The summed E-state index contributed by atoms with van der Waals surface area (Å²) in [7, 11) is 0. The average molecular weight is 668 g/mol. The number of hydrogen-bond acceptors (Lipinski definition) is 0. The first kappa shape index (κ1) is 30.9. The molecule has 0 saturated carbocycles. The number of aromatic nitrogens is 1. The molecule has 2 bridgehead atoms. The minimum atomic E-state index is -0.170. The lowest BCUT2D eigenvalue weighted by atomic mass is 9.68. The van der Waals surface area contributed by atoms with Crippen LogP contribution in [0.4, 0.5) is 0 Å². The number of rotatable bonds is 3. The molecule has 52 heavy (non-hydrogen) atoms. The minimum Gasteiger partial charge on any atom is -0.313 e. The van der Waals surface area contributed by atoms with Crippen LogP contribution in [0, 0.1) is 6.92 Å². The lowest BCUT2D eigenvalue weighted by Gasteiger charge is -2.43. The zero-order chi connectivity index (χ0) is 35.4. The molecular formula is C51H41N. The zero-order valence-corrected chi connectivity index (χ0v) is 30.5. The topological polar surface area (TPSA) is 4.93 Å². The second-order valence-corrected chi connectivity index (χ2v) is 15.7. The van der Waals surface area contributed by atoms with Crippen LogP contribution in [0.25, 0.3) is 71.5 Å². The number of fused-ring (bicyclic) bond motifs is 3. The third kappa shape index (κ3) is 4.23. The van der Waals surface area contributed by atoms with Crippen LogP contribution in [0.1, 0.15) is 55.6 Å². The molecule has 0 atom stereocenters. The van der Waals surface area contributed by atoms with E-state index in [0.717, 1.165) is 0 Å². The lowest BCUT2D eigenvalue weighted by Crippen LogP contribution is -2.35. The Morgan fingerprint density at radius 3 is 1.44 bits per heavy atom. The average Bonchev–Trinajstić information content (AvgIpc) is 3.22. The van der Waals surface area contributed by atoms with E-state index < -0.39 is 0 Å². The molecule has 0 aliphatic carbocycles. The standard InChI is InChI=1S/C51H41N/c1-32-45-31-37(30-29-36-17-13-22-42-48(36)52(32)49-43(50(42,2)3)23-14-24-44(49)51(45,4)5)33-25-27-35(28-26-33)47-40-20-11-9-18-38(40)46(34-15-7-6-8-16-34)39-19-10-12-21-41(39)47/h6-31H,1-5H3. The van der Waals surface area contributed by atoms with Crippen LogP contribution in [0.15, 0.2) is 158 Å². The summed E-state index contributed by atoms with van der Waals surface area (Å²) >= 11 is 0. The third-order valence-corrected chi connectivity index (χ3v) is 12.2. The quantitative estimate of drug-likeness (QED) is 0.165. The summed E-state index contributed by atoms with van der Waals surface area (Å²) in [5, 5.41) is 6.37. The SMILES string of the molecule is Cc1c2cc(-c3ccc(-c4c5ccccc5c(-c5ccccc5)c5ccccc45)cc3)ccc3cccc4c3n1-c1c(cccc1C4(C)C)C2(C)C. The monoisotopic (exact) mass is 667 g/mol. The van der Waals surface area contributed by atoms with Gasteiger partial charge in [0, 0.05) is 16.5 Å². The Kier molecular flexibility index (Phi) is 6.55. The number of nitrogens with zero attached hydrogens (tertiary/aromatic N) is 1. The molecule has 0 radical (unpaired) electrons. The van der Waals surface area contributed by atoms with E-state index in [1.165, 1.54) is 99.5 Å². The van der Waals surface area contributed by atoms with Gasteiger partial charge in [-0.1, -0.05) is 179 Å². The highest BCUT2D eigenvalue weighted by molar-refractivity contribution is 6.21. The summed E-state index contributed by atoms with van der Waals surface area (Å²) in [5.74, 6) is 0. The molecule has 0 spiro atoms. The molecule has 10 rings (SSSR count). The maximum Gasteiger partial charge on any atom is 0.0571 e. The smallest absolute Gasteiger partial charge is 0.0571 e. The maximum absolute atomic E-state index is 2.57. The van der Waals surface area contributed by atoms with Gasteiger partial charge in [-0.05, 0) is 95.6 Å². The van der Waals surface area contributed by atoms with Crippen LogP contribution < -0.4 is 0 Å². The Morgan fingerprint density at radius 1 is 0.385 bits per heavy atom. The van der Waals surface area contributed by atoms with Gasteiger partial charge in [0.15, 0.2) is 0 Å². The summed E-state index contributed by atoms with van der Waals surface area (Å²) < 4.78 is 2.57. The summed E-state index contributed by atoms with van der Waals surface area (Å²) in [6.07, 6.45) is 0. The molecule has 0 saturated heterocycles. The van der Waals surface area contributed by atoms with E-state index in [1.54, 1.807) is 0 Å². The fourth-order valence-corrected chi connectivity index (χ4v) is 9.59. The lowest BCUT2D eigenvalue weighted by molar-refractivity contribution is 0.575. The molecule has 0 N–H and O–H groups in total. The highest BCUT2D eigenvalue weighted by Crippen LogP contribution is 2.52. The predicted molar refractivity (Wildman–Crippen MR) is 221 cm³/mol. The first-order chi connectivity index (χ1) is 25.2. The van der Waals surface area contributed by atoms with E-state index in [2.05, 4.69) is 197 Å². The predicted octanol–water partition coefficient (Wildman–Crippen LogP) is 13.6. The van der Waals surface area contributed by atoms with Crippen molar-refractivity contribution >= 4 is 32.4 Å². The Hall–Kier alpha value is -5.92. The van der Waals surface area contributed by atoms with Crippen LogP contribution in [-0.2, 0) is 10.8 Å². The van der Waals surface area contributed by atoms with Crippen molar-refractivity contribution in [1.29, 1.82) is 0 Å². The first-order valence-electron chi connectivity index (χ1n) is 18.5. The van der Waals surface area contributed by atoms with Crippen molar-refractivity contribution in [1.82, 2.24) is 4.57 Å². The van der Waals surface area contributed by atoms with Gasteiger partial charge in [-0.15, -0.1) is 0 Å². The number of hydrogen-bond donors (Lipinski definition) is 0. The summed E-state index contributed by atoms with van der Waals surface area (Å²) in [4.78, 5) is 0. The Morgan fingerprint density at radius 2 is 0.846 bits per heavy atom. The number of para-hydroxylation sites is 2. The summed E-state index contributed by atoms with van der Waals surface area (Å²) in [5.41, 5.74) is 16.7. The fraction of sp³-hybridized carbons (Fsp3) is 0.137. The maximum atomic E-state index is 2.57. The first-order valence-corrected chi connectivity index (χ1v) is 18.5. The van der Waals surface area contributed by atoms with E-state index in [0.29, 0.717) is 0 Å².